The van der Waals surface area contributed by atoms with Gasteiger partial charge in [0, 0.05) is 33.8 Å². The van der Waals surface area contributed by atoms with Crippen LogP contribution in [0.2, 0.25) is 0 Å². The zero-order valence-corrected chi connectivity index (χ0v) is 20.4. The Morgan fingerprint density at radius 1 is 0.861 bits per heavy atom. The molecule has 0 saturated carbocycles. The highest BCUT2D eigenvalue weighted by molar-refractivity contribution is 7.08. The first-order valence-electron chi connectivity index (χ1n) is 10.8. The lowest BCUT2D eigenvalue weighted by Gasteiger charge is -2.13. The number of aromatic nitrogens is 1. The lowest BCUT2D eigenvalue weighted by Crippen LogP contribution is -2.13. The number of thiophene rings is 1. The molecular weight excluding hydrogens is 483 g/mol. The molecule has 0 unspecified atom stereocenters. The summed E-state index contributed by atoms with van der Waals surface area (Å²) in [6.45, 7) is 0. The third kappa shape index (κ3) is 4.25. The molecule has 1 amide bonds. The second-order valence-electron chi connectivity index (χ2n) is 7.75. The van der Waals surface area contributed by atoms with Gasteiger partial charge < -0.3 is 24.3 Å². The van der Waals surface area contributed by atoms with Crippen LogP contribution in [0.15, 0.2) is 65.5 Å². The maximum Gasteiger partial charge on any atom is 0.260 e. The van der Waals surface area contributed by atoms with Crippen LogP contribution in [-0.4, -0.2) is 32.2 Å². The molecule has 5 aromatic rings. The van der Waals surface area contributed by atoms with E-state index in [0.29, 0.717) is 50.6 Å². The SMILES string of the molecule is COc1cc2nccc(Oc3ccc4c(F)c(NC(=O)c5cscc5OC)ccc4c3)c2cc1OC. The first kappa shape index (κ1) is 23.4. The summed E-state index contributed by atoms with van der Waals surface area (Å²) < 4.78 is 37.3. The number of fused-ring (bicyclic) bond motifs is 2. The summed E-state index contributed by atoms with van der Waals surface area (Å²) in [7, 11) is 4.61. The minimum atomic E-state index is -0.534. The predicted molar refractivity (Wildman–Crippen MR) is 138 cm³/mol. The van der Waals surface area contributed by atoms with Crippen LogP contribution in [0.3, 0.4) is 0 Å². The number of benzene rings is 3. The summed E-state index contributed by atoms with van der Waals surface area (Å²) >= 11 is 1.33. The first-order valence-corrected chi connectivity index (χ1v) is 11.8. The van der Waals surface area contributed by atoms with Crippen LogP contribution in [0.5, 0.6) is 28.7 Å². The molecule has 0 radical (unpaired) electrons. The third-order valence-electron chi connectivity index (χ3n) is 5.70. The first-order chi connectivity index (χ1) is 17.5. The largest absolute Gasteiger partial charge is 0.495 e. The number of amides is 1. The van der Waals surface area contributed by atoms with Gasteiger partial charge in [0.1, 0.15) is 17.2 Å². The number of hydrogen-bond donors (Lipinski definition) is 1. The number of halogens is 1. The van der Waals surface area contributed by atoms with E-state index in [-0.39, 0.29) is 5.69 Å². The van der Waals surface area contributed by atoms with Gasteiger partial charge in [0.25, 0.3) is 5.91 Å². The summed E-state index contributed by atoms with van der Waals surface area (Å²) in [5.41, 5.74) is 1.11. The van der Waals surface area contributed by atoms with Crippen LogP contribution in [-0.2, 0) is 0 Å². The fourth-order valence-corrected chi connectivity index (χ4v) is 4.67. The molecular formula is C27H21FN2O5S. The van der Waals surface area contributed by atoms with Crippen molar-refractivity contribution in [3.8, 4) is 28.7 Å². The fourth-order valence-electron chi connectivity index (χ4n) is 3.89. The molecule has 9 heteroatoms. The van der Waals surface area contributed by atoms with Crippen molar-refractivity contribution in [3.05, 3.63) is 76.9 Å². The Kier molecular flexibility index (Phi) is 6.30. The van der Waals surface area contributed by atoms with Gasteiger partial charge >= 0.3 is 0 Å². The van der Waals surface area contributed by atoms with Crippen LogP contribution >= 0.6 is 11.3 Å². The minimum absolute atomic E-state index is 0.0793. The van der Waals surface area contributed by atoms with Crippen LogP contribution in [0.4, 0.5) is 10.1 Å². The molecule has 0 bridgehead atoms. The van der Waals surface area contributed by atoms with Crippen molar-refractivity contribution in [2.75, 3.05) is 26.6 Å². The standard InChI is InChI=1S/C27H21FN2O5S/c1-32-23-11-18-21(12-24(23)33-2)29-9-8-22(18)35-16-5-6-17-15(10-16)4-7-20(26(17)28)30-27(31)19-13-36-14-25(19)34-3/h4-14H,1-3H3,(H,30,31). The van der Waals surface area contributed by atoms with Crippen LogP contribution in [0.1, 0.15) is 10.4 Å². The van der Waals surface area contributed by atoms with E-state index in [4.69, 9.17) is 18.9 Å². The molecule has 2 heterocycles. The Morgan fingerprint density at radius 3 is 2.42 bits per heavy atom. The van der Waals surface area contributed by atoms with E-state index in [1.807, 2.05) is 0 Å². The van der Waals surface area contributed by atoms with Crippen LogP contribution < -0.4 is 24.3 Å². The number of methoxy groups -OCH3 is 3. The molecule has 0 aliphatic heterocycles. The number of nitrogens with zero attached hydrogens (tertiary/aromatic N) is 1. The summed E-state index contributed by atoms with van der Waals surface area (Å²) in [5, 5.41) is 7.71. The van der Waals surface area contributed by atoms with Gasteiger partial charge in [0.2, 0.25) is 0 Å². The van der Waals surface area contributed by atoms with Gasteiger partial charge in [0.15, 0.2) is 17.3 Å². The molecule has 36 heavy (non-hydrogen) atoms. The molecule has 5 rings (SSSR count). The van der Waals surface area contributed by atoms with Gasteiger partial charge in [-0.2, -0.15) is 0 Å². The lowest BCUT2D eigenvalue weighted by atomic mass is 10.1. The number of hydrogen-bond acceptors (Lipinski definition) is 7. The average Bonchev–Trinajstić information content (AvgIpc) is 3.39. The second-order valence-corrected chi connectivity index (χ2v) is 8.50. The quantitative estimate of drug-likeness (QED) is 0.267. The van der Waals surface area contributed by atoms with Crippen molar-refractivity contribution in [1.29, 1.82) is 0 Å². The molecule has 2 aromatic heterocycles. The Labute approximate surface area is 210 Å². The molecule has 182 valence electrons. The summed E-state index contributed by atoms with van der Waals surface area (Å²) in [6, 6.07) is 13.6. The number of carbonyl (C=O) groups excluding carboxylic acids is 1. The number of ether oxygens (including phenoxy) is 4. The highest BCUT2D eigenvalue weighted by Crippen LogP contribution is 2.38. The van der Waals surface area contributed by atoms with E-state index in [1.54, 1.807) is 73.6 Å². The number of carbonyl (C=O) groups is 1. The van der Waals surface area contributed by atoms with Gasteiger partial charge in [-0.3, -0.25) is 9.78 Å². The monoisotopic (exact) mass is 504 g/mol. The molecule has 1 N–H and O–H groups in total. The fraction of sp³-hybridized carbons (Fsp3) is 0.111. The van der Waals surface area contributed by atoms with Crippen molar-refractivity contribution in [1.82, 2.24) is 4.98 Å². The molecule has 0 aliphatic rings. The Bertz CT molecular complexity index is 1600. The second kappa shape index (κ2) is 9.71. The van der Waals surface area contributed by atoms with E-state index in [0.717, 1.165) is 5.39 Å². The van der Waals surface area contributed by atoms with Gasteiger partial charge in [0.05, 0.1) is 38.1 Å². The maximum atomic E-state index is 15.3. The normalized spacial score (nSPS) is 10.9. The van der Waals surface area contributed by atoms with Gasteiger partial charge in [-0.25, -0.2) is 4.39 Å². The van der Waals surface area contributed by atoms with E-state index in [1.165, 1.54) is 24.5 Å². The highest BCUT2D eigenvalue weighted by atomic mass is 32.1. The maximum absolute atomic E-state index is 15.3. The van der Waals surface area contributed by atoms with Crippen molar-refractivity contribution in [3.63, 3.8) is 0 Å². The van der Waals surface area contributed by atoms with Crippen molar-refractivity contribution in [2.24, 2.45) is 0 Å². The summed E-state index contributed by atoms with van der Waals surface area (Å²) in [5.74, 6) is 1.67. The third-order valence-corrected chi connectivity index (χ3v) is 6.42. The Balaban J connectivity index is 1.44. The minimum Gasteiger partial charge on any atom is -0.495 e. The van der Waals surface area contributed by atoms with Crippen molar-refractivity contribution in [2.45, 2.75) is 0 Å². The Morgan fingerprint density at radius 2 is 1.64 bits per heavy atom. The molecule has 7 nitrogen and oxygen atoms in total. The Hall–Kier alpha value is -4.37. The van der Waals surface area contributed by atoms with Crippen molar-refractivity contribution < 1.29 is 28.1 Å². The van der Waals surface area contributed by atoms with Gasteiger partial charge in [-0.15, -0.1) is 11.3 Å². The van der Waals surface area contributed by atoms with Crippen molar-refractivity contribution >= 4 is 44.6 Å². The highest BCUT2D eigenvalue weighted by Gasteiger charge is 2.17. The molecule has 0 spiro atoms. The number of nitrogens with one attached hydrogen (secondary N) is 1. The molecule has 3 aromatic carbocycles. The topological polar surface area (TPSA) is 78.9 Å². The number of anilines is 1. The van der Waals surface area contributed by atoms with Gasteiger partial charge in [-0.1, -0.05) is 6.07 Å². The molecule has 0 atom stereocenters. The van der Waals surface area contributed by atoms with E-state index in [2.05, 4.69) is 10.3 Å². The summed E-state index contributed by atoms with van der Waals surface area (Å²) in [6.07, 6.45) is 1.64. The van der Waals surface area contributed by atoms with Crippen LogP contribution in [0, 0.1) is 5.82 Å². The van der Waals surface area contributed by atoms with Crippen LogP contribution in [0.25, 0.3) is 21.7 Å². The van der Waals surface area contributed by atoms with E-state index < -0.39 is 11.7 Å². The molecule has 0 fully saturated rings. The number of rotatable bonds is 7. The van der Waals surface area contributed by atoms with E-state index >= 15 is 4.39 Å². The smallest absolute Gasteiger partial charge is 0.260 e. The van der Waals surface area contributed by atoms with Gasteiger partial charge in [-0.05, 0) is 41.8 Å². The zero-order chi connectivity index (χ0) is 25.2. The zero-order valence-electron chi connectivity index (χ0n) is 19.6. The number of pyridine rings is 1. The van der Waals surface area contributed by atoms with E-state index in [9.17, 15) is 4.79 Å². The lowest BCUT2D eigenvalue weighted by molar-refractivity contribution is 0.102. The summed E-state index contributed by atoms with van der Waals surface area (Å²) in [4.78, 5) is 17.0. The molecule has 0 saturated heterocycles. The predicted octanol–water partition coefficient (Wildman–Crippen LogP) is 6.66. The molecule has 0 aliphatic carbocycles. The average molecular weight is 505 g/mol.